The number of hydrogen-bond donors (Lipinski definition) is 0. The Bertz CT molecular complexity index is 883. The summed E-state index contributed by atoms with van der Waals surface area (Å²) >= 11 is 1.40. The molecule has 0 unspecified atom stereocenters. The van der Waals surface area contributed by atoms with Gasteiger partial charge in [-0.3, -0.25) is 4.98 Å². The molecule has 3 rings (SSSR count). The average Bonchev–Trinajstić information content (AvgIpc) is 3.04. The summed E-state index contributed by atoms with van der Waals surface area (Å²) in [4.78, 5) is 4.45. The fraction of sp³-hybridized carbons (Fsp3) is 0.278. The third-order valence-corrected chi connectivity index (χ3v) is 4.66. The molecule has 2 heterocycles. The Hall–Kier alpha value is -2.41. The number of nitrogens with zero attached hydrogens (tertiary/aromatic N) is 3. The molecule has 25 heavy (non-hydrogen) atoms. The van der Waals surface area contributed by atoms with Crippen LogP contribution in [0.4, 0.5) is 4.39 Å². The summed E-state index contributed by atoms with van der Waals surface area (Å²) in [6, 6.07) is 6.56. The van der Waals surface area contributed by atoms with Crippen LogP contribution in [0.2, 0.25) is 0 Å². The Morgan fingerprint density at radius 2 is 2.00 bits per heavy atom. The zero-order chi connectivity index (χ0) is 17.8. The highest BCUT2D eigenvalue weighted by molar-refractivity contribution is 7.98. The van der Waals surface area contributed by atoms with E-state index in [0.29, 0.717) is 22.4 Å². The van der Waals surface area contributed by atoms with Gasteiger partial charge in [0, 0.05) is 23.1 Å². The summed E-state index contributed by atoms with van der Waals surface area (Å²) in [6.45, 7) is 3.94. The third kappa shape index (κ3) is 3.99. The molecule has 0 spiro atoms. The van der Waals surface area contributed by atoms with Crippen molar-refractivity contribution in [1.82, 2.24) is 15.2 Å². The number of hydrogen-bond acceptors (Lipinski definition) is 6. The molecule has 0 aliphatic heterocycles. The smallest absolute Gasteiger partial charge is 0.276 e. The van der Waals surface area contributed by atoms with Crippen molar-refractivity contribution in [3.05, 3.63) is 64.6 Å². The fourth-order valence-electron chi connectivity index (χ4n) is 2.52. The summed E-state index contributed by atoms with van der Waals surface area (Å²) in [5.74, 6) is 1.54. The van der Waals surface area contributed by atoms with Crippen molar-refractivity contribution in [2.24, 2.45) is 0 Å². The van der Waals surface area contributed by atoms with E-state index in [4.69, 9.17) is 9.15 Å². The minimum Gasteiger partial charge on any atom is -0.496 e. The van der Waals surface area contributed by atoms with Gasteiger partial charge in [0.05, 0.1) is 19.2 Å². The number of ether oxygens (including phenoxy) is 1. The number of halogens is 1. The lowest BCUT2D eigenvalue weighted by molar-refractivity contribution is 0.407. The van der Waals surface area contributed by atoms with E-state index in [1.807, 2.05) is 13.8 Å². The van der Waals surface area contributed by atoms with E-state index in [0.717, 1.165) is 22.6 Å². The Kier molecular flexibility index (Phi) is 5.33. The van der Waals surface area contributed by atoms with Gasteiger partial charge >= 0.3 is 0 Å². The van der Waals surface area contributed by atoms with Crippen molar-refractivity contribution in [3.8, 4) is 5.75 Å². The molecule has 0 fully saturated rings. The third-order valence-electron chi connectivity index (χ3n) is 3.83. The van der Waals surface area contributed by atoms with Gasteiger partial charge in [0.25, 0.3) is 5.22 Å². The molecule has 130 valence electrons. The van der Waals surface area contributed by atoms with E-state index >= 15 is 0 Å². The summed E-state index contributed by atoms with van der Waals surface area (Å²) in [5.41, 5.74) is 3.43. The molecule has 3 aromatic rings. The van der Waals surface area contributed by atoms with Crippen LogP contribution >= 0.6 is 11.8 Å². The second-order valence-corrected chi connectivity index (χ2v) is 6.49. The molecule has 7 heteroatoms. The van der Waals surface area contributed by atoms with Crippen LogP contribution in [0.3, 0.4) is 0 Å². The van der Waals surface area contributed by atoms with Gasteiger partial charge in [-0.1, -0.05) is 30.0 Å². The molecule has 5 nitrogen and oxygen atoms in total. The first-order valence-corrected chi connectivity index (χ1v) is 8.74. The Labute approximate surface area is 149 Å². The molecule has 0 atom stereocenters. The lowest BCUT2D eigenvalue weighted by Gasteiger charge is -2.11. The molecule has 0 aliphatic rings. The van der Waals surface area contributed by atoms with Gasteiger partial charge in [0.2, 0.25) is 5.89 Å². The SMILES string of the molecule is COc1c(C)cnc(CSc2nnc(Cc3ccccc3F)o2)c1C. The molecule has 0 N–H and O–H groups in total. The standard InChI is InChI=1S/C18H18FN3O2S/c1-11-9-20-15(12(2)17(11)23-3)10-25-18-22-21-16(24-18)8-13-6-4-5-7-14(13)19/h4-7,9H,8,10H2,1-3H3. The number of rotatable bonds is 6. The highest BCUT2D eigenvalue weighted by Gasteiger charge is 2.13. The second kappa shape index (κ2) is 7.65. The summed E-state index contributed by atoms with van der Waals surface area (Å²) in [7, 11) is 1.65. The first kappa shape index (κ1) is 17.4. The van der Waals surface area contributed by atoms with Gasteiger partial charge in [0.15, 0.2) is 0 Å². The second-order valence-electron chi connectivity index (χ2n) is 5.56. The molecule has 0 radical (unpaired) electrons. The monoisotopic (exact) mass is 359 g/mol. The molecule has 2 aromatic heterocycles. The lowest BCUT2D eigenvalue weighted by atomic mass is 10.1. The zero-order valence-corrected chi connectivity index (χ0v) is 15.1. The maximum atomic E-state index is 13.7. The molecule has 0 amide bonds. The molecule has 0 saturated carbocycles. The Morgan fingerprint density at radius 1 is 1.20 bits per heavy atom. The largest absolute Gasteiger partial charge is 0.496 e. The molecular formula is C18H18FN3O2S. The van der Waals surface area contributed by atoms with Crippen molar-refractivity contribution >= 4 is 11.8 Å². The van der Waals surface area contributed by atoms with Crippen molar-refractivity contribution in [2.75, 3.05) is 7.11 Å². The zero-order valence-electron chi connectivity index (χ0n) is 14.2. The quantitative estimate of drug-likeness (QED) is 0.617. The summed E-state index contributed by atoms with van der Waals surface area (Å²) < 4.78 is 24.7. The molecular weight excluding hydrogens is 341 g/mol. The highest BCUT2D eigenvalue weighted by atomic mass is 32.2. The average molecular weight is 359 g/mol. The van der Waals surface area contributed by atoms with Crippen LogP contribution in [0.1, 0.15) is 28.3 Å². The van der Waals surface area contributed by atoms with Gasteiger partial charge < -0.3 is 9.15 Å². The summed E-state index contributed by atoms with van der Waals surface area (Å²) in [5, 5.41) is 8.43. The lowest BCUT2D eigenvalue weighted by Crippen LogP contribution is -1.98. The maximum Gasteiger partial charge on any atom is 0.276 e. The number of benzene rings is 1. The van der Waals surface area contributed by atoms with Crippen LogP contribution in [0.15, 0.2) is 40.1 Å². The molecule has 1 aromatic carbocycles. The van der Waals surface area contributed by atoms with Gasteiger partial charge in [-0.25, -0.2) is 4.39 Å². The van der Waals surface area contributed by atoms with Gasteiger partial charge in [-0.2, -0.15) is 0 Å². The first-order valence-electron chi connectivity index (χ1n) is 7.76. The van der Waals surface area contributed by atoms with E-state index in [2.05, 4.69) is 15.2 Å². The van der Waals surface area contributed by atoms with E-state index < -0.39 is 0 Å². The van der Waals surface area contributed by atoms with Crippen LogP contribution in [0.25, 0.3) is 0 Å². The van der Waals surface area contributed by atoms with Crippen LogP contribution in [0, 0.1) is 19.7 Å². The first-order chi connectivity index (χ1) is 12.1. The number of methoxy groups -OCH3 is 1. The Balaban J connectivity index is 1.67. The number of pyridine rings is 1. The maximum absolute atomic E-state index is 13.7. The normalized spacial score (nSPS) is 10.9. The summed E-state index contributed by atoms with van der Waals surface area (Å²) in [6.07, 6.45) is 2.06. The van der Waals surface area contributed by atoms with Crippen LogP contribution in [-0.2, 0) is 12.2 Å². The minimum absolute atomic E-state index is 0.274. The Morgan fingerprint density at radius 3 is 2.76 bits per heavy atom. The van der Waals surface area contributed by atoms with E-state index in [-0.39, 0.29) is 12.2 Å². The number of thioether (sulfide) groups is 1. The molecule has 0 aliphatic carbocycles. The number of aromatic nitrogens is 3. The van der Waals surface area contributed by atoms with Gasteiger partial charge in [-0.15, -0.1) is 10.2 Å². The predicted octanol–water partition coefficient (Wildman–Crippen LogP) is 4.11. The molecule has 0 saturated heterocycles. The van der Waals surface area contributed by atoms with Crippen molar-refractivity contribution in [2.45, 2.75) is 31.2 Å². The number of aryl methyl sites for hydroxylation is 1. The van der Waals surface area contributed by atoms with Crippen LogP contribution in [-0.4, -0.2) is 22.3 Å². The fourth-order valence-corrected chi connectivity index (χ4v) is 3.32. The topological polar surface area (TPSA) is 61.0 Å². The van der Waals surface area contributed by atoms with Gasteiger partial charge in [-0.05, 0) is 25.5 Å². The predicted molar refractivity (Wildman–Crippen MR) is 93.3 cm³/mol. The minimum atomic E-state index is -0.276. The van der Waals surface area contributed by atoms with Crippen LogP contribution in [0.5, 0.6) is 5.75 Å². The van der Waals surface area contributed by atoms with Crippen molar-refractivity contribution in [3.63, 3.8) is 0 Å². The van der Waals surface area contributed by atoms with Crippen molar-refractivity contribution < 1.29 is 13.5 Å². The highest BCUT2D eigenvalue weighted by Crippen LogP contribution is 2.28. The van der Waals surface area contributed by atoms with E-state index in [1.165, 1.54) is 17.8 Å². The van der Waals surface area contributed by atoms with E-state index in [1.54, 1.807) is 31.5 Å². The van der Waals surface area contributed by atoms with E-state index in [9.17, 15) is 4.39 Å². The van der Waals surface area contributed by atoms with Crippen molar-refractivity contribution in [1.29, 1.82) is 0 Å². The van der Waals surface area contributed by atoms with Gasteiger partial charge in [0.1, 0.15) is 11.6 Å². The molecule has 0 bridgehead atoms. The van der Waals surface area contributed by atoms with Crippen LogP contribution < -0.4 is 4.74 Å².